The lowest BCUT2D eigenvalue weighted by Gasteiger charge is -2.31. The maximum Gasteiger partial charge on any atom is 0.252 e. The molecule has 0 aliphatic carbocycles. The van der Waals surface area contributed by atoms with E-state index < -0.39 is 0 Å². The summed E-state index contributed by atoms with van der Waals surface area (Å²) in [5.74, 6) is 1.59. The van der Waals surface area contributed by atoms with Crippen LogP contribution in [0.15, 0.2) is 47.3 Å². The summed E-state index contributed by atoms with van der Waals surface area (Å²) in [5.41, 5.74) is 4.86. The van der Waals surface area contributed by atoms with Crippen LogP contribution >= 0.6 is 0 Å². The minimum atomic E-state index is -0.119. The Morgan fingerprint density at radius 3 is 2.71 bits per heavy atom. The van der Waals surface area contributed by atoms with Crippen molar-refractivity contribution in [3.63, 3.8) is 0 Å². The number of fused-ring (bicyclic) bond motifs is 1. The van der Waals surface area contributed by atoms with E-state index in [0.29, 0.717) is 25.2 Å². The van der Waals surface area contributed by atoms with Crippen molar-refractivity contribution in [3.05, 3.63) is 80.9 Å². The Labute approximate surface area is 222 Å². The van der Waals surface area contributed by atoms with Gasteiger partial charge >= 0.3 is 0 Å². The van der Waals surface area contributed by atoms with Crippen LogP contribution in [0.25, 0.3) is 10.9 Å². The fourth-order valence-corrected chi connectivity index (χ4v) is 5.35. The summed E-state index contributed by atoms with van der Waals surface area (Å²) in [6.45, 7) is 8.68. The Morgan fingerprint density at radius 1 is 1.16 bits per heavy atom. The smallest absolute Gasteiger partial charge is 0.252 e. The number of aryl methyl sites for hydroxylation is 2. The van der Waals surface area contributed by atoms with Gasteiger partial charge in [-0.05, 0) is 84.3 Å². The number of nitrogens with one attached hydrogen (secondary N) is 1. The molecule has 1 N–H and O–H groups in total. The molecule has 2 unspecified atom stereocenters. The third-order valence-corrected chi connectivity index (χ3v) is 7.56. The Morgan fingerprint density at radius 2 is 1.95 bits per heavy atom. The van der Waals surface area contributed by atoms with Gasteiger partial charge in [-0.1, -0.05) is 25.1 Å². The van der Waals surface area contributed by atoms with E-state index >= 15 is 0 Å². The van der Waals surface area contributed by atoms with E-state index in [2.05, 4.69) is 58.3 Å². The van der Waals surface area contributed by atoms with Crippen molar-refractivity contribution in [2.24, 2.45) is 0 Å². The summed E-state index contributed by atoms with van der Waals surface area (Å²) in [6, 6.07) is 14.1. The quantitative estimate of drug-likeness (QED) is 0.332. The second kappa shape index (κ2) is 11.4. The molecule has 9 nitrogen and oxygen atoms in total. The van der Waals surface area contributed by atoms with Gasteiger partial charge in [-0.25, -0.2) is 4.68 Å². The molecule has 0 bridgehead atoms. The predicted octanol–water partition coefficient (Wildman–Crippen LogP) is 4.47. The zero-order valence-electron chi connectivity index (χ0n) is 22.6. The van der Waals surface area contributed by atoms with Crippen molar-refractivity contribution in [1.82, 2.24) is 30.1 Å². The second-order valence-corrected chi connectivity index (χ2v) is 10.1. The number of benzene rings is 2. The highest BCUT2D eigenvalue weighted by molar-refractivity contribution is 5.80. The minimum Gasteiger partial charge on any atom is -0.496 e. The SMILES string of the molecule is CCC(c1nnnn1CC1CCCO1)N(Cc1ccccc1OC)Cc1cc2cc(C)c(C)cc2[nH]c1=O. The Balaban J connectivity index is 1.53. The number of tetrazole rings is 1. The number of aromatic amines is 1. The summed E-state index contributed by atoms with van der Waals surface area (Å²) < 4.78 is 13.4. The van der Waals surface area contributed by atoms with E-state index in [1.807, 2.05) is 35.0 Å². The van der Waals surface area contributed by atoms with Crippen LogP contribution in [0.4, 0.5) is 0 Å². The summed E-state index contributed by atoms with van der Waals surface area (Å²) in [6.07, 6.45) is 2.95. The molecule has 0 radical (unpaired) electrons. The molecular weight excluding hydrogens is 480 g/mol. The molecule has 4 aromatic rings. The zero-order valence-corrected chi connectivity index (χ0v) is 22.6. The first kappa shape index (κ1) is 26.1. The molecule has 200 valence electrons. The van der Waals surface area contributed by atoms with E-state index in [4.69, 9.17) is 9.47 Å². The zero-order chi connectivity index (χ0) is 26.6. The van der Waals surface area contributed by atoms with Gasteiger partial charge in [-0.15, -0.1) is 5.10 Å². The molecule has 0 saturated carbocycles. The average Bonchev–Trinajstić information content (AvgIpc) is 3.59. The van der Waals surface area contributed by atoms with Crippen LogP contribution in [0.2, 0.25) is 0 Å². The van der Waals surface area contributed by atoms with Crippen LogP contribution in [-0.2, 0) is 24.4 Å². The number of hydrogen-bond donors (Lipinski definition) is 1. The monoisotopic (exact) mass is 516 g/mol. The molecule has 1 saturated heterocycles. The molecule has 5 rings (SSSR count). The van der Waals surface area contributed by atoms with E-state index in [9.17, 15) is 4.79 Å². The van der Waals surface area contributed by atoms with Crippen LogP contribution in [0.1, 0.15) is 60.3 Å². The summed E-state index contributed by atoms with van der Waals surface area (Å²) in [5, 5.41) is 13.8. The lowest BCUT2D eigenvalue weighted by atomic mass is 10.0. The second-order valence-electron chi connectivity index (χ2n) is 10.1. The summed E-state index contributed by atoms with van der Waals surface area (Å²) in [4.78, 5) is 18.6. The van der Waals surface area contributed by atoms with Crippen LogP contribution in [0.3, 0.4) is 0 Å². The van der Waals surface area contributed by atoms with E-state index in [1.165, 1.54) is 5.56 Å². The largest absolute Gasteiger partial charge is 0.496 e. The maximum atomic E-state index is 13.3. The first-order chi connectivity index (χ1) is 18.5. The van der Waals surface area contributed by atoms with Crippen molar-refractivity contribution >= 4 is 10.9 Å². The number of nitrogens with zero attached hydrogens (tertiary/aromatic N) is 5. The molecule has 2 aromatic carbocycles. The number of ether oxygens (including phenoxy) is 2. The first-order valence-electron chi connectivity index (χ1n) is 13.3. The van der Waals surface area contributed by atoms with E-state index in [0.717, 1.165) is 59.5 Å². The molecule has 1 aliphatic heterocycles. The predicted molar refractivity (Wildman–Crippen MR) is 146 cm³/mol. The van der Waals surface area contributed by atoms with Crippen LogP contribution in [-0.4, -0.2) is 49.9 Å². The number of aromatic nitrogens is 5. The van der Waals surface area contributed by atoms with Gasteiger partial charge in [0.25, 0.3) is 5.56 Å². The maximum absolute atomic E-state index is 13.3. The fourth-order valence-electron chi connectivity index (χ4n) is 5.35. The number of H-pyrrole nitrogens is 1. The molecule has 0 spiro atoms. The topological polar surface area (TPSA) is 98.2 Å². The van der Waals surface area contributed by atoms with Crippen LogP contribution < -0.4 is 10.3 Å². The van der Waals surface area contributed by atoms with Crippen molar-refractivity contribution in [3.8, 4) is 5.75 Å². The van der Waals surface area contributed by atoms with Gasteiger partial charge in [0.05, 0.1) is 25.8 Å². The lowest BCUT2D eigenvalue weighted by molar-refractivity contribution is 0.0887. The van der Waals surface area contributed by atoms with Gasteiger partial charge < -0.3 is 14.5 Å². The highest BCUT2D eigenvalue weighted by Gasteiger charge is 2.28. The third kappa shape index (κ3) is 5.49. The van der Waals surface area contributed by atoms with Crippen molar-refractivity contribution in [2.75, 3.05) is 13.7 Å². The molecule has 2 atom stereocenters. The Hall–Kier alpha value is -3.56. The van der Waals surface area contributed by atoms with Gasteiger partial charge in [0.1, 0.15) is 5.75 Å². The normalized spacial score (nSPS) is 16.4. The van der Waals surface area contributed by atoms with Crippen molar-refractivity contribution < 1.29 is 9.47 Å². The standard InChI is InChI=1S/C29H36N6O3/c1-5-26(28-31-32-33-35(28)18-24-10-8-12-38-24)34(16-21-9-6-7-11-27(21)37-4)17-23-15-22-13-19(2)20(3)14-25(22)30-29(23)36/h6-7,9,11,13-15,24,26H,5,8,10,12,16-18H2,1-4H3,(H,30,36). The highest BCUT2D eigenvalue weighted by Crippen LogP contribution is 2.30. The molecule has 3 heterocycles. The molecule has 1 fully saturated rings. The number of pyridine rings is 1. The molecule has 2 aromatic heterocycles. The number of para-hydroxylation sites is 1. The van der Waals surface area contributed by atoms with Gasteiger partial charge in [0.2, 0.25) is 0 Å². The molecular formula is C29H36N6O3. The number of hydrogen-bond acceptors (Lipinski definition) is 7. The van der Waals surface area contributed by atoms with Gasteiger partial charge in [-0.3, -0.25) is 9.69 Å². The Bertz CT molecular complexity index is 1460. The van der Waals surface area contributed by atoms with Gasteiger partial charge in [0, 0.05) is 36.3 Å². The van der Waals surface area contributed by atoms with Crippen molar-refractivity contribution in [2.45, 2.75) is 71.8 Å². The summed E-state index contributed by atoms with van der Waals surface area (Å²) >= 11 is 0. The molecule has 0 amide bonds. The lowest BCUT2D eigenvalue weighted by Crippen LogP contribution is -2.33. The van der Waals surface area contributed by atoms with Gasteiger partial charge in [0.15, 0.2) is 5.82 Å². The third-order valence-electron chi connectivity index (χ3n) is 7.56. The van der Waals surface area contributed by atoms with Crippen LogP contribution in [0.5, 0.6) is 5.75 Å². The van der Waals surface area contributed by atoms with Crippen LogP contribution in [0, 0.1) is 13.8 Å². The van der Waals surface area contributed by atoms with Crippen molar-refractivity contribution in [1.29, 1.82) is 0 Å². The molecule has 1 aliphatic rings. The number of methoxy groups -OCH3 is 1. The number of rotatable bonds is 10. The van der Waals surface area contributed by atoms with E-state index in [1.54, 1.807) is 7.11 Å². The Kier molecular flexibility index (Phi) is 7.85. The molecule has 9 heteroatoms. The molecule has 38 heavy (non-hydrogen) atoms. The summed E-state index contributed by atoms with van der Waals surface area (Å²) in [7, 11) is 1.68. The minimum absolute atomic E-state index is 0.0837. The van der Waals surface area contributed by atoms with E-state index in [-0.39, 0.29) is 17.7 Å². The fraction of sp³-hybridized carbons (Fsp3) is 0.448. The highest BCUT2D eigenvalue weighted by atomic mass is 16.5. The first-order valence-corrected chi connectivity index (χ1v) is 13.3. The average molecular weight is 517 g/mol. The van der Waals surface area contributed by atoms with Gasteiger partial charge in [-0.2, -0.15) is 0 Å².